The number of rotatable bonds is 6. The fourth-order valence-electron chi connectivity index (χ4n) is 2.86. The van der Waals surface area contributed by atoms with Gasteiger partial charge in [0.1, 0.15) is 0 Å². The van der Waals surface area contributed by atoms with Crippen LogP contribution in [0.25, 0.3) is 6.08 Å². The lowest BCUT2D eigenvalue weighted by Gasteiger charge is -2.16. The molecule has 0 saturated carbocycles. The molecular weight excluding hydrogens is 458 g/mol. The molecule has 3 rings (SSSR count). The van der Waals surface area contributed by atoms with Crippen molar-refractivity contribution in [2.45, 2.75) is 20.8 Å². The Kier molecular flexibility index (Phi) is 6.80. The van der Waals surface area contributed by atoms with Gasteiger partial charge in [0, 0.05) is 0 Å². The highest BCUT2D eigenvalue weighted by Crippen LogP contribution is 2.40. The lowest BCUT2D eigenvalue weighted by atomic mass is 10.1. The Balaban J connectivity index is 1.97. The molecule has 1 fully saturated rings. The third kappa shape index (κ3) is 4.26. The van der Waals surface area contributed by atoms with Crippen molar-refractivity contribution in [1.29, 1.82) is 0 Å². The second-order valence-electron chi connectivity index (χ2n) is 6.00. The first-order valence-electron chi connectivity index (χ1n) is 8.89. The average Bonchev–Trinajstić information content (AvgIpc) is 2.92. The smallest absolute Gasteiger partial charge is 0.270 e. The number of thioether (sulfide) groups is 1. The van der Waals surface area contributed by atoms with E-state index in [0.29, 0.717) is 33.9 Å². The molecule has 0 radical (unpaired) electrons. The molecule has 2 aromatic rings. The number of anilines is 1. The maximum Gasteiger partial charge on any atom is 0.270 e. The monoisotopic (exact) mass is 477 g/mol. The first kappa shape index (κ1) is 20.9. The van der Waals surface area contributed by atoms with Crippen molar-refractivity contribution in [3.63, 3.8) is 0 Å². The predicted molar refractivity (Wildman–Crippen MR) is 123 cm³/mol. The second-order valence-corrected chi connectivity index (χ2v) is 8.53. The van der Waals surface area contributed by atoms with Crippen molar-refractivity contribution in [2.75, 3.05) is 18.1 Å². The fraction of sp³-hybridized carbons (Fsp3) is 0.238. The molecular formula is C21H20BrNO3S2. The summed E-state index contributed by atoms with van der Waals surface area (Å²) in [6, 6.07) is 11.5. The van der Waals surface area contributed by atoms with Gasteiger partial charge in [-0.25, -0.2) is 0 Å². The lowest BCUT2D eigenvalue weighted by molar-refractivity contribution is -0.113. The van der Waals surface area contributed by atoms with E-state index in [1.165, 1.54) is 11.8 Å². The van der Waals surface area contributed by atoms with Crippen LogP contribution in [0.15, 0.2) is 45.8 Å². The van der Waals surface area contributed by atoms with Crippen molar-refractivity contribution in [1.82, 2.24) is 0 Å². The molecule has 28 heavy (non-hydrogen) atoms. The van der Waals surface area contributed by atoms with E-state index in [1.807, 2.05) is 63.2 Å². The number of carbonyl (C=O) groups is 1. The van der Waals surface area contributed by atoms with E-state index in [1.54, 1.807) is 4.90 Å². The Morgan fingerprint density at radius 2 is 1.89 bits per heavy atom. The van der Waals surface area contributed by atoms with Gasteiger partial charge in [-0.3, -0.25) is 9.69 Å². The molecule has 1 heterocycles. The molecule has 1 amide bonds. The number of nitrogens with zero attached hydrogens (tertiary/aromatic N) is 1. The van der Waals surface area contributed by atoms with Crippen LogP contribution in [0.4, 0.5) is 5.69 Å². The molecule has 1 saturated heterocycles. The zero-order valence-corrected chi connectivity index (χ0v) is 19.0. The van der Waals surface area contributed by atoms with Crippen LogP contribution < -0.4 is 14.4 Å². The number of halogens is 1. The van der Waals surface area contributed by atoms with Gasteiger partial charge < -0.3 is 9.47 Å². The Morgan fingerprint density at radius 3 is 2.57 bits per heavy atom. The van der Waals surface area contributed by atoms with Crippen LogP contribution in [0.3, 0.4) is 0 Å². The van der Waals surface area contributed by atoms with Crippen LogP contribution >= 0.6 is 39.9 Å². The highest BCUT2D eigenvalue weighted by Gasteiger charge is 2.34. The second kappa shape index (κ2) is 9.11. The lowest BCUT2D eigenvalue weighted by Crippen LogP contribution is -2.28. The van der Waals surface area contributed by atoms with Gasteiger partial charge >= 0.3 is 0 Å². The quantitative estimate of drug-likeness (QED) is 0.378. The summed E-state index contributed by atoms with van der Waals surface area (Å²) in [7, 11) is 0. The van der Waals surface area contributed by atoms with E-state index in [2.05, 4.69) is 15.9 Å². The Hall–Kier alpha value is -1.83. The van der Waals surface area contributed by atoms with Crippen molar-refractivity contribution in [3.05, 3.63) is 56.9 Å². The average molecular weight is 478 g/mol. The molecule has 146 valence electrons. The highest BCUT2D eigenvalue weighted by atomic mass is 79.9. The van der Waals surface area contributed by atoms with Gasteiger partial charge in [-0.15, -0.1) is 0 Å². The fourth-order valence-corrected chi connectivity index (χ4v) is 4.72. The number of benzene rings is 2. The maximum atomic E-state index is 13.0. The Bertz CT molecular complexity index is 959. The number of hydrogen-bond acceptors (Lipinski definition) is 5. The van der Waals surface area contributed by atoms with Crippen LogP contribution in [0.5, 0.6) is 11.5 Å². The summed E-state index contributed by atoms with van der Waals surface area (Å²) < 4.78 is 12.7. The number of amides is 1. The zero-order valence-electron chi connectivity index (χ0n) is 15.8. The van der Waals surface area contributed by atoms with Crippen molar-refractivity contribution < 1.29 is 14.3 Å². The third-order valence-electron chi connectivity index (χ3n) is 4.07. The molecule has 0 atom stereocenters. The van der Waals surface area contributed by atoms with Crippen LogP contribution in [-0.2, 0) is 4.79 Å². The molecule has 0 N–H and O–H groups in total. The van der Waals surface area contributed by atoms with Crippen LogP contribution in [0, 0.1) is 6.92 Å². The molecule has 0 spiro atoms. The minimum atomic E-state index is -0.118. The largest absolute Gasteiger partial charge is 0.490 e. The molecule has 4 nitrogen and oxygen atoms in total. The van der Waals surface area contributed by atoms with Gasteiger partial charge in [-0.1, -0.05) is 42.2 Å². The van der Waals surface area contributed by atoms with Crippen molar-refractivity contribution in [2.24, 2.45) is 0 Å². The van der Waals surface area contributed by atoms with E-state index >= 15 is 0 Å². The van der Waals surface area contributed by atoms with E-state index in [4.69, 9.17) is 21.7 Å². The molecule has 2 aromatic carbocycles. The van der Waals surface area contributed by atoms with Gasteiger partial charge in [-0.05, 0) is 72.1 Å². The van der Waals surface area contributed by atoms with E-state index < -0.39 is 0 Å². The van der Waals surface area contributed by atoms with Crippen molar-refractivity contribution >= 4 is 61.9 Å². The van der Waals surface area contributed by atoms with E-state index in [-0.39, 0.29) is 5.91 Å². The molecule has 0 aliphatic carbocycles. The number of aryl methyl sites for hydroxylation is 1. The first-order chi connectivity index (χ1) is 13.5. The summed E-state index contributed by atoms with van der Waals surface area (Å²) in [5.41, 5.74) is 2.66. The van der Waals surface area contributed by atoms with E-state index in [9.17, 15) is 4.79 Å². The van der Waals surface area contributed by atoms with Gasteiger partial charge in [0.15, 0.2) is 15.8 Å². The summed E-state index contributed by atoms with van der Waals surface area (Å²) in [5.74, 6) is 1.18. The van der Waals surface area contributed by atoms with Crippen molar-refractivity contribution in [3.8, 4) is 11.5 Å². The number of carbonyl (C=O) groups excluding carboxylic acids is 1. The van der Waals surface area contributed by atoms with Crippen LogP contribution in [0.2, 0.25) is 0 Å². The predicted octanol–water partition coefficient (Wildman–Crippen LogP) is 5.96. The summed E-state index contributed by atoms with van der Waals surface area (Å²) >= 11 is 10.3. The van der Waals surface area contributed by atoms with Crippen LogP contribution in [-0.4, -0.2) is 23.4 Å². The summed E-state index contributed by atoms with van der Waals surface area (Å²) in [4.78, 5) is 15.2. The number of thiocarbonyl (C=S) groups is 1. The number of hydrogen-bond donors (Lipinski definition) is 0. The molecule has 0 aromatic heterocycles. The van der Waals surface area contributed by atoms with Gasteiger partial charge in [0.05, 0.1) is 28.3 Å². The normalized spacial score (nSPS) is 15.4. The summed E-state index contributed by atoms with van der Waals surface area (Å²) in [6.07, 6.45) is 1.83. The molecule has 1 aliphatic rings. The Labute approximate surface area is 183 Å². The van der Waals surface area contributed by atoms with Crippen LogP contribution in [0.1, 0.15) is 25.0 Å². The molecule has 7 heteroatoms. The van der Waals surface area contributed by atoms with E-state index in [0.717, 1.165) is 21.3 Å². The summed E-state index contributed by atoms with van der Waals surface area (Å²) in [6.45, 7) is 6.87. The minimum Gasteiger partial charge on any atom is -0.490 e. The number of ether oxygens (including phenoxy) is 2. The zero-order chi connectivity index (χ0) is 20.3. The third-order valence-corrected chi connectivity index (χ3v) is 5.96. The topological polar surface area (TPSA) is 38.8 Å². The minimum absolute atomic E-state index is 0.118. The number of para-hydroxylation sites is 1. The highest BCUT2D eigenvalue weighted by molar-refractivity contribution is 9.10. The standard InChI is InChI=1S/C21H20BrNO3S2/c1-4-25-17-11-14(10-15(22)19(17)26-5-2)12-18-20(24)23(21(27)28-18)16-9-7-6-8-13(16)3/h6-12H,4-5H2,1-3H3/b18-12+. The van der Waals surface area contributed by atoms with Gasteiger partial charge in [-0.2, -0.15) is 0 Å². The molecule has 0 unspecified atom stereocenters. The summed E-state index contributed by atoms with van der Waals surface area (Å²) in [5, 5.41) is 0. The molecule has 0 bridgehead atoms. The maximum absolute atomic E-state index is 13.0. The molecule has 1 aliphatic heterocycles. The van der Waals surface area contributed by atoms with Gasteiger partial charge in [0.25, 0.3) is 5.91 Å². The SMILES string of the molecule is CCOc1cc(/C=C2/SC(=S)N(c3ccccc3C)C2=O)cc(Br)c1OCC. The first-order valence-corrected chi connectivity index (χ1v) is 10.9. The van der Waals surface area contributed by atoms with Gasteiger partial charge in [0.2, 0.25) is 0 Å². The Morgan fingerprint density at radius 1 is 1.18 bits per heavy atom.